The highest BCUT2D eigenvalue weighted by molar-refractivity contribution is 7.89. The smallest absolute Gasteiger partial charge is 0.335 e. The van der Waals surface area contributed by atoms with Gasteiger partial charge in [0.1, 0.15) is 5.82 Å². The van der Waals surface area contributed by atoms with Gasteiger partial charge in [-0.15, -0.1) is 0 Å². The fourth-order valence-corrected chi connectivity index (χ4v) is 4.00. The second-order valence-electron chi connectivity index (χ2n) is 5.40. The van der Waals surface area contributed by atoms with Crippen LogP contribution in [0.15, 0.2) is 17.0 Å². The zero-order valence-electron chi connectivity index (χ0n) is 11.9. The Morgan fingerprint density at radius 2 is 2.14 bits per heavy atom. The van der Waals surface area contributed by atoms with Gasteiger partial charge in [-0.05, 0) is 37.8 Å². The molecule has 0 radical (unpaired) electrons. The third-order valence-corrected chi connectivity index (χ3v) is 5.34. The number of hydrogen-bond donors (Lipinski definition) is 2. The molecule has 2 unspecified atom stereocenters. The molecule has 5 nitrogen and oxygen atoms in total. The summed E-state index contributed by atoms with van der Waals surface area (Å²) in [5.74, 6) is -1.88. The largest absolute Gasteiger partial charge is 0.478 e. The lowest BCUT2D eigenvalue weighted by Gasteiger charge is -2.11. The third kappa shape index (κ3) is 3.41. The van der Waals surface area contributed by atoms with Crippen molar-refractivity contribution in [2.75, 3.05) is 0 Å². The molecular weight excluding hydrogens is 297 g/mol. The van der Waals surface area contributed by atoms with Crippen LogP contribution in [0.5, 0.6) is 0 Å². The second-order valence-corrected chi connectivity index (χ2v) is 7.08. The highest BCUT2D eigenvalue weighted by Crippen LogP contribution is 2.36. The predicted octanol–water partition coefficient (Wildman–Crippen LogP) is 2.30. The van der Waals surface area contributed by atoms with Crippen molar-refractivity contribution in [2.24, 2.45) is 5.92 Å². The summed E-state index contributed by atoms with van der Waals surface area (Å²) in [6.07, 6.45) is 2.69. The first-order valence-corrected chi connectivity index (χ1v) is 8.30. The Balaban J connectivity index is 2.30. The molecule has 0 spiro atoms. The first-order chi connectivity index (χ1) is 9.76. The van der Waals surface area contributed by atoms with Crippen LogP contribution in [0, 0.1) is 18.7 Å². The van der Waals surface area contributed by atoms with Crippen molar-refractivity contribution in [1.29, 1.82) is 0 Å². The zero-order chi connectivity index (χ0) is 15.8. The molecule has 1 aliphatic rings. The Hall–Kier alpha value is -1.47. The summed E-state index contributed by atoms with van der Waals surface area (Å²) in [7, 11) is -3.91. The number of carboxylic acid groups (broad SMARTS) is 1. The molecule has 0 heterocycles. The lowest BCUT2D eigenvalue weighted by Crippen LogP contribution is -2.28. The number of benzene rings is 1. The van der Waals surface area contributed by atoms with Crippen LogP contribution < -0.4 is 4.72 Å². The lowest BCUT2D eigenvalue weighted by atomic mass is 10.1. The summed E-state index contributed by atoms with van der Waals surface area (Å²) in [4.78, 5) is 10.6. The molecule has 1 aliphatic carbocycles. The molecule has 0 aliphatic heterocycles. The standard InChI is InChI=1S/C14H18FNO4S/c1-3-4-9-6-12(9)16-21(19,20)13-7-10(14(17)18)5-11(15)8(13)2/h5,7,9,12,16H,3-4,6H2,1-2H3,(H,17,18). The fraction of sp³-hybridized carbons (Fsp3) is 0.500. The molecule has 21 heavy (non-hydrogen) atoms. The lowest BCUT2D eigenvalue weighted by molar-refractivity contribution is 0.0696. The van der Waals surface area contributed by atoms with Crippen molar-refractivity contribution in [3.63, 3.8) is 0 Å². The highest BCUT2D eigenvalue weighted by Gasteiger charge is 2.39. The topological polar surface area (TPSA) is 83.5 Å². The highest BCUT2D eigenvalue weighted by atomic mass is 32.2. The minimum absolute atomic E-state index is 0.0693. The number of rotatable bonds is 6. The molecule has 1 aromatic rings. The van der Waals surface area contributed by atoms with Gasteiger partial charge in [0.15, 0.2) is 0 Å². The van der Waals surface area contributed by atoms with E-state index < -0.39 is 21.8 Å². The Labute approximate surface area is 123 Å². The minimum Gasteiger partial charge on any atom is -0.478 e. The molecule has 0 saturated heterocycles. The Morgan fingerprint density at radius 3 is 2.71 bits per heavy atom. The van der Waals surface area contributed by atoms with E-state index in [1.54, 1.807) is 0 Å². The monoisotopic (exact) mass is 315 g/mol. The molecule has 1 aromatic carbocycles. The van der Waals surface area contributed by atoms with Gasteiger partial charge < -0.3 is 5.11 Å². The number of nitrogens with one attached hydrogen (secondary N) is 1. The van der Waals surface area contributed by atoms with Gasteiger partial charge in [0.25, 0.3) is 0 Å². The summed E-state index contributed by atoms with van der Waals surface area (Å²) in [6, 6.07) is 1.69. The molecule has 2 atom stereocenters. The van der Waals surface area contributed by atoms with E-state index >= 15 is 0 Å². The van der Waals surface area contributed by atoms with E-state index in [9.17, 15) is 17.6 Å². The summed E-state index contributed by atoms with van der Waals surface area (Å²) < 4.78 is 40.9. The van der Waals surface area contributed by atoms with E-state index in [-0.39, 0.29) is 22.1 Å². The predicted molar refractivity (Wildman–Crippen MR) is 75.2 cm³/mol. The second kappa shape index (κ2) is 5.73. The summed E-state index contributed by atoms with van der Waals surface area (Å²) >= 11 is 0. The van der Waals surface area contributed by atoms with Gasteiger partial charge in [0.05, 0.1) is 10.5 Å². The van der Waals surface area contributed by atoms with E-state index in [0.717, 1.165) is 31.4 Å². The zero-order valence-corrected chi connectivity index (χ0v) is 12.7. The molecule has 1 fully saturated rings. The van der Waals surface area contributed by atoms with Gasteiger partial charge in [-0.3, -0.25) is 0 Å². The van der Waals surface area contributed by atoms with E-state index in [2.05, 4.69) is 4.72 Å². The number of halogens is 1. The maximum atomic E-state index is 13.7. The number of carbonyl (C=O) groups is 1. The van der Waals surface area contributed by atoms with Crippen molar-refractivity contribution in [3.05, 3.63) is 29.1 Å². The van der Waals surface area contributed by atoms with Crippen LogP contribution >= 0.6 is 0 Å². The summed E-state index contributed by atoms with van der Waals surface area (Å²) in [6.45, 7) is 3.35. The number of aromatic carboxylic acids is 1. The first kappa shape index (κ1) is 15.9. The number of carboxylic acids is 1. The van der Waals surface area contributed by atoms with Crippen LogP contribution in [0.3, 0.4) is 0 Å². The molecular formula is C14H18FNO4S. The summed E-state index contributed by atoms with van der Waals surface area (Å²) in [5.41, 5.74) is -0.445. The Morgan fingerprint density at radius 1 is 1.48 bits per heavy atom. The van der Waals surface area contributed by atoms with Crippen molar-refractivity contribution < 1.29 is 22.7 Å². The van der Waals surface area contributed by atoms with Gasteiger partial charge in [-0.2, -0.15) is 0 Å². The molecule has 2 N–H and O–H groups in total. The van der Waals surface area contributed by atoms with Gasteiger partial charge >= 0.3 is 5.97 Å². The maximum absolute atomic E-state index is 13.7. The average Bonchev–Trinajstić information content (AvgIpc) is 3.09. The van der Waals surface area contributed by atoms with Gasteiger partial charge in [-0.25, -0.2) is 22.3 Å². The molecule has 0 amide bonds. The third-order valence-electron chi connectivity index (χ3n) is 3.72. The van der Waals surface area contributed by atoms with Crippen LogP contribution in [0.4, 0.5) is 4.39 Å². The summed E-state index contributed by atoms with van der Waals surface area (Å²) in [5, 5.41) is 8.91. The van der Waals surface area contributed by atoms with Crippen molar-refractivity contribution in [2.45, 2.75) is 44.0 Å². The van der Waals surface area contributed by atoms with Crippen molar-refractivity contribution in [1.82, 2.24) is 4.72 Å². The van der Waals surface area contributed by atoms with E-state index in [1.165, 1.54) is 6.92 Å². The SMILES string of the molecule is CCCC1CC1NS(=O)(=O)c1cc(C(=O)O)cc(F)c1C. The number of sulfonamides is 1. The van der Waals surface area contributed by atoms with Crippen molar-refractivity contribution >= 4 is 16.0 Å². The number of hydrogen-bond acceptors (Lipinski definition) is 3. The molecule has 116 valence electrons. The van der Waals surface area contributed by atoms with Crippen LogP contribution in [0.2, 0.25) is 0 Å². The van der Waals surface area contributed by atoms with Crippen LogP contribution in [0.1, 0.15) is 42.1 Å². The van der Waals surface area contributed by atoms with Gasteiger partial charge in [-0.1, -0.05) is 13.3 Å². The van der Waals surface area contributed by atoms with Crippen LogP contribution in [-0.2, 0) is 10.0 Å². The van der Waals surface area contributed by atoms with Crippen molar-refractivity contribution in [3.8, 4) is 0 Å². The quantitative estimate of drug-likeness (QED) is 0.843. The molecule has 1 saturated carbocycles. The van der Waals surface area contributed by atoms with E-state index in [4.69, 9.17) is 5.11 Å². The normalized spacial score (nSPS) is 21.3. The van der Waals surface area contributed by atoms with Crippen LogP contribution in [-0.4, -0.2) is 25.5 Å². The minimum atomic E-state index is -3.91. The molecule has 2 rings (SSSR count). The van der Waals surface area contributed by atoms with Crippen LogP contribution in [0.25, 0.3) is 0 Å². The van der Waals surface area contributed by atoms with E-state index in [0.29, 0.717) is 5.92 Å². The Bertz CT molecular complexity index is 672. The fourth-order valence-electron chi connectivity index (χ4n) is 2.40. The molecule has 0 aromatic heterocycles. The molecule has 0 bridgehead atoms. The molecule has 7 heteroatoms. The first-order valence-electron chi connectivity index (χ1n) is 6.82. The average molecular weight is 315 g/mol. The Kier molecular flexibility index (Phi) is 4.34. The van der Waals surface area contributed by atoms with E-state index in [1.807, 2.05) is 6.92 Å². The van der Waals surface area contributed by atoms with Gasteiger partial charge in [0, 0.05) is 11.6 Å². The van der Waals surface area contributed by atoms with Gasteiger partial charge in [0.2, 0.25) is 10.0 Å². The maximum Gasteiger partial charge on any atom is 0.335 e.